The number of ketones is 1. The van der Waals surface area contributed by atoms with E-state index in [4.69, 9.17) is 17.4 Å². The number of carbonyl (C=O) groups excluding carboxylic acids is 2. The average Bonchev–Trinajstić information content (AvgIpc) is 3.59. The molecule has 1 aliphatic heterocycles. The summed E-state index contributed by atoms with van der Waals surface area (Å²) in [5, 5.41) is 0.118. The molecule has 9 heteroatoms. The molecule has 2 atom stereocenters. The number of nitrogens with zero attached hydrogens (tertiary/aromatic N) is 2. The Morgan fingerprint density at radius 1 is 1.27 bits per heavy atom. The van der Waals surface area contributed by atoms with Crippen LogP contribution < -0.4 is 0 Å². The average molecular weight is 522 g/mol. The van der Waals surface area contributed by atoms with E-state index in [-0.39, 0.29) is 53.6 Å². The highest BCUT2D eigenvalue weighted by atomic mass is 35.5. The quantitative estimate of drug-likeness (QED) is 0.279. The van der Waals surface area contributed by atoms with Gasteiger partial charge in [-0.15, -0.1) is 24.8 Å². The SMILES string of the molecule is CCOC(=O)CCN(C)CC=C1CN(C(C(=O)C2CC2)c2ccccc2F)CCC1S.Cl.Cl. The number of esters is 1. The summed E-state index contributed by atoms with van der Waals surface area (Å²) < 4.78 is 19.6. The summed E-state index contributed by atoms with van der Waals surface area (Å²) in [6.45, 7) is 4.80. The fraction of sp³-hybridized carbons (Fsp3) is 0.583. The van der Waals surface area contributed by atoms with Crippen LogP contribution >= 0.6 is 37.4 Å². The van der Waals surface area contributed by atoms with Gasteiger partial charge in [0.25, 0.3) is 0 Å². The van der Waals surface area contributed by atoms with Crippen molar-refractivity contribution >= 4 is 49.2 Å². The van der Waals surface area contributed by atoms with Crippen molar-refractivity contribution in [3.8, 4) is 0 Å². The van der Waals surface area contributed by atoms with Crippen molar-refractivity contribution in [2.24, 2.45) is 5.92 Å². The smallest absolute Gasteiger partial charge is 0.307 e. The van der Waals surface area contributed by atoms with Crippen LogP contribution in [0.3, 0.4) is 0 Å². The van der Waals surface area contributed by atoms with Gasteiger partial charge in [-0.1, -0.05) is 24.3 Å². The summed E-state index contributed by atoms with van der Waals surface area (Å²) in [4.78, 5) is 28.8. The number of hydrogen-bond acceptors (Lipinski definition) is 6. The van der Waals surface area contributed by atoms with Crippen LogP contribution in [0.1, 0.15) is 44.2 Å². The van der Waals surface area contributed by atoms with Crippen molar-refractivity contribution in [3.05, 3.63) is 47.3 Å². The van der Waals surface area contributed by atoms with Crippen LogP contribution in [0.25, 0.3) is 0 Å². The fourth-order valence-corrected chi connectivity index (χ4v) is 4.31. The van der Waals surface area contributed by atoms with Crippen LogP contribution in [0, 0.1) is 11.7 Å². The number of carbonyl (C=O) groups is 2. The second-order valence-corrected chi connectivity index (χ2v) is 9.10. The summed E-state index contributed by atoms with van der Waals surface area (Å²) in [6.07, 6.45) is 5.11. The molecule has 2 aliphatic rings. The number of thiol groups is 1. The summed E-state index contributed by atoms with van der Waals surface area (Å²) in [6, 6.07) is 6.09. The highest BCUT2D eigenvalue weighted by molar-refractivity contribution is 7.81. The normalized spacial score (nSPS) is 20.6. The number of ether oxygens (including phenoxy) is 1. The first kappa shape index (κ1) is 29.9. The molecule has 0 radical (unpaired) electrons. The van der Waals surface area contributed by atoms with E-state index >= 15 is 0 Å². The lowest BCUT2D eigenvalue weighted by Crippen LogP contribution is -2.43. The Morgan fingerprint density at radius 3 is 2.61 bits per heavy atom. The highest BCUT2D eigenvalue weighted by Gasteiger charge is 2.40. The molecule has 1 saturated heterocycles. The minimum Gasteiger partial charge on any atom is -0.466 e. The number of likely N-dealkylation sites (tertiary alicyclic amines) is 1. The zero-order valence-corrected chi connectivity index (χ0v) is 21.8. The molecule has 2 fully saturated rings. The third-order valence-electron chi connectivity index (χ3n) is 5.99. The highest BCUT2D eigenvalue weighted by Crippen LogP contribution is 2.39. The van der Waals surface area contributed by atoms with E-state index < -0.39 is 6.04 Å². The van der Waals surface area contributed by atoms with Crippen molar-refractivity contribution in [2.45, 2.75) is 43.9 Å². The zero-order chi connectivity index (χ0) is 22.4. The third-order valence-corrected chi connectivity index (χ3v) is 6.58. The molecule has 1 saturated carbocycles. The molecule has 0 bridgehead atoms. The molecular weight excluding hydrogens is 486 g/mol. The van der Waals surface area contributed by atoms with Gasteiger partial charge in [0.15, 0.2) is 5.78 Å². The van der Waals surface area contributed by atoms with Crippen LogP contribution in [0.15, 0.2) is 35.9 Å². The predicted octanol–water partition coefficient (Wildman–Crippen LogP) is 4.51. The number of hydrogen-bond donors (Lipinski definition) is 1. The molecule has 1 aromatic carbocycles. The Hall–Kier alpha value is -1.12. The first-order valence-electron chi connectivity index (χ1n) is 11.1. The first-order chi connectivity index (χ1) is 14.9. The third kappa shape index (κ3) is 8.55. The summed E-state index contributed by atoms with van der Waals surface area (Å²) in [7, 11) is 1.96. The Labute approximate surface area is 214 Å². The monoisotopic (exact) mass is 520 g/mol. The van der Waals surface area contributed by atoms with Gasteiger partial charge in [-0.2, -0.15) is 12.6 Å². The van der Waals surface area contributed by atoms with Gasteiger partial charge in [-0.05, 0) is 44.9 Å². The van der Waals surface area contributed by atoms with E-state index in [2.05, 4.69) is 15.9 Å². The lowest BCUT2D eigenvalue weighted by atomic mass is 9.93. The molecule has 1 aromatic rings. The second kappa shape index (κ2) is 14.3. The first-order valence-corrected chi connectivity index (χ1v) is 11.7. The lowest BCUT2D eigenvalue weighted by molar-refractivity contribution is -0.143. The molecule has 33 heavy (non-hydrogen) atoms. The maximum atomic E-state index is 14.6. The fourth-order valence-electron chi connectivity index (χ4n) is 4.01. The second-order valence-electron chi connectivity index (χ2n) is 8.47. The lowest BCUT2D eigenvalue weighted by Gasteiger charge is -2.38. The van der Waals surface area contributed by atoms with E-state index in [0.717, 1.165) is 24.8 Å². The summed E-state index contributed by atoms with van der Waals surface area (Å²) in [5.74, 6) is -0.323. The number of benzene rings is 1. The van der Waals surface area contributed by atoms with Gasteiger partial charge >= 0.3 is 5.97 Å². The molecule has 0 amide bonds. The number of halogens is 3. The number of piperidine rings is 1. The van der Waals surface area contributed by atoms with E-state index in [0.29, 0.717) is 44.8 Å². The van der Waals surface area contributed by atoms with Crippen molar-refractivity contribution in [3.63, 3.8) is 0 Å². The molecule has 2 unspecified atom stereocenters. The van der Waals surface area contributed by atoms with Crippen LogP contribution in [0.2, 0.25) is 0 Å². The molecule has 1 heterocycles. The molecule has 0 aromatic heterocycles. The minimum atomic E-state index is -0.542. The van der Waals surface area contributed by atoms with Crippen LogP contribution in [0.4, 0.5) is 4.39 Å². The van der Waals surface area contributed by atoms with Crippen LogP contribution in [-0.4, -0.2) is 66.6 Å². The number of Topliss-reactive ketones (excluding diaryl/α,β-unsaturated/α-hetero) is 1. The van der Waals surface area contributed by atoms with Gasteiger partial charge in [0.2, 0.25) is 0 Å². The molecule has 0 N–H and O–H groups in total. The number of rotatable bonds is 10. The zero-order valence-electron chi connectivity index (χ0n) is 19.2. The Morgan fingerprint density at radius 2 is 1.97 bits per heavy atom. The maximum absolute atomic E-state index is 14.6. The molecule has 3 rings (SSSR count). The van der Waals surface area contributed by atoms with E-state index in [9.17, 15) is 14.0 Å². The Kier molecular flexibility index (Phi) is 13.0. The van der Waals surface area contributed by atoms with Gasteiger partial charge in [0.1, 0.15) is 5.82 Å². The van der Waals surface area contributed by atoms with Gasteiger partial charge in [0.05, 0.1) is 19.1 Å². The molecule has 5 nitrogen and oxygen atoms in total. The van der Waals surface area contributed by atoms with Crippen LogP contribution in [0.5, 0.6) is 0 Å². The Balaban J connectivity index is 0.00000272. The van der Waals surface area contributed by atoms with Crippen molar-refractivity contribution in [2.75, 3.05) is 39.8 Å². The van der Waals surface area contributed by atoms with Gasteiger partial charge in [-0.3, -0.25) is 14.5 Å². The van der Waals surface area contributed by atoms with Gasteiger partial charge in [-0.25, -0.2) is 4.39 Å². The Bertz CT molecular complexity index is 823. The molecule has 0 spiro atoms. The largest absolute Gasteiger partial charge is 0.466 e. The molecular formula is C24H35Cl2FN2O3S. The van der Waals surface area contributed by atoms with Crippen molar-refractivity contribution in [1.82, 2.24) is 9.80 Å². The number of likely N-dealkylation sites (N-methyl/N-ethyl adjacent to an activating group) is 1. The van der Waals surface area contributed by atoms with Crippen molar-refractivity contribution < 1.29 is 18.7 Å². The summed E-state index contributed by atoms with van der Waals surface area (Å²) >= 11 is 4.75. The van der Waals surface area contributed by atoms with E-state index in [1.54, 1.807) is 25.1 Å². The maximum Gasteiger partial charge on any atom is 0.307 e. The standard InChI is InChI=1S/C24H33FN2O3S.2ClH/c1-3-30-22(28)12-14-26(2)13-10-18-16-27(15-11-21(18)31)23(24(29)17-8-9-17)19-6-4-5-7-20(19)25;;/h4-7,10,17,21,23,31H,3,8-9,11-16H2,1-2H3;2*1H. The minimum absolute atomic E-state index is 0. The molecule has 186 valence electrons. The predicted molar refractivity (Wildman–Crippen MR) is 137 cm³/mol. The molecule has 1 aliphatic carbocycles. The van der Waals surface area contributed by atoms with Crippen molar-refractivity contribution in [1.29, 1.82) is 0 Å². The summed E-state index contributed by atoms with van der Waals surface area (Å²) in [5.41, 5.74) is 1.62. The van der Waals surface area contributed by atoms with Crippen LogP contribution in [-0.2, 0) is 14.3 Å². The topological polar surface area (TPSA) is 49.9 Å². The van der Waals surface area contributed by atoms with Gasteiger partial charge in [0, 0.05) is 42.9 Å². The van der Waals surface area contributed by atoms with E-state index in [1.807, 2.05) is 7.05 Å². The van der Waals surface area contributed by atoms with E-state index in [1.165, 1.54) is 6.07 Å². The van der Waals surface area contributed by atoms with Gasteiger partial charge < -0.3 is 9.64 Å².